The van der Waals surface area contributed by atoms with Gasteiger partial charge in [-0.3, -0.25) is 4.79 Å². The van der Waals surface area contributed by atoms with Crippen LogP contribution in [0.4, 0.5) is 0 Å². The Morgan fingerprint density at radius 1 is 1.10 bits per heavy atom. The molecule has 1 aromatic carbocycles. The number of pyridine rings is 1. The first-order valence-corrected chi connectivity index (χ1v) is 8.02. The highest BCUT2D eigenvalue weighted by atomic mass is 32.2. The van der Waals surface area contributed by atoms with Crippen LogP contribution in [0.15, 0.2) is 47.4 Å². The lowest BCUT2D eigenvalue weighted by molar-refractivity contribution is 0.0984. The highest BCUT2D eigenvalue weighted by Crippen LogP contribution is 2.17. The molecule has 2 aromatic rings. The summed E-state index contributed by atoms with van der Waals surface area (Å²) in [7, 11) is -3.47. The Bertz CT molecular complexity index is 737. The maximum absolute atomic E-state index is 12.3. The van der Waals surface area contributed by atoms with Gasteiger partial charge in [-0.1, -0.05) is 30.3 Å². The molecule has 1 aromatic heterocycles. The number of benzene rings is 1. The summed E-state index contributed by atoms with van der Waals surface area (Å²) in [6.07, 6.45) is 1.22. The summed E-state index contributed by atoms with van der Waals surface area (Å²) in [5.41, 5.74) is 1.48. The van der Waals surface area contributed by atoms with Gasteiger partial charge in [0.05, 0.1) is 4.90 Å². The van der Waals surface area contributed by atoms with Gasteiger partial charge in [0, 0.05) is 18.4 Å². The molecule has 0 aliphatic carbocycles. The van der Waals surface area contributed by atoms with Gasteiger partial charge < -0.3 is 0 Å². The summed E-state index contributed by atoms with van der Waals surface area (Å²) in [5, 5.41) is 0. The van der Waals surface area contributed by atoms with Crippen LogP contribution in [0.2, 0.25) is 0 Å². The minimum absolute atomic E-state index is 0.0102. The molecule has 0 bridgehead atoms. The molecular weight excluding hydrogens is 274 g/mol. The van der Waals surface area contributed by atoms with Crippen molar-refractivity contribution in [2.24, 2.45) is 0 Å². The molecule has 104 valence electrons. The minimum Gasteiger partial charge on any atom is -0.292 e. The summed E-state index contributed by atoms with van der Waals surface area (Å²) in [4.78, 5) is 16.4. The van der Waals surface area contributed by atoms with E-state index in [2.05, 4.69) is 4.98 Å². The Hall–Kier alpha value is -2.01. The molecule has 5 heteroatoms. The third-order valence-electron chi connectivity index (χ3n) is 2.87. The number of Topliss-reactive ketones (excluding diaryl/α,β-unsaturated/α-hetero) is 1. The Morgan fingerprint density at radius 2 is 1.75 bits per heavy atom. The van der Waals surface area contributed by atoms with Gasteiger partial charge in [0.15, 0.2) is 15.6 Å². The van der Waals surface area contributed by atoms with E-state index in [9.17, 15) is 13.2 Å². The van der Waals surface area contributed by atoms with Crippen molar-refractivity contribution >= 4 is 15.6 Å². The number of hydrogen-bond donors (Lipinski definition) is 0. The summed E-state index contributed by atoms with van der Waals surface area (Å²) in [5.74, 6) is -0.291. The van der Waals surface area contributed by atoms with E-state index in [1.165, 1.54) is 6.07 Å². The molecule has 0 unspecified atom stereocenters. The number of hydrogen-bond acceptors (Lipinski definition) is 4. The fourth-order valence-electron chi connectivity index (χ4n) is 1.91. The predicted molar refractivity (Wildman–Crippen MR) is 76.6 cm³/mol. The van der Waals surface area contributed by atoms with Crippen molar-refractivity contribution in [3.05, 3.63) is 59.4 Å². The van der Waals surface area contributed by atoms with Crippen molar-refractivity contribution in [2.75, 3.05) is 6.26 Å². The van der Waals surface area contributed by atoms with Gasteiger partial charge in [-0.05, 0) is 24.6 Å². The lowest BCUT2D eigenvalue weighted by Crippen LogP contribution is -2.13. The van der Waals surface area contributed by atoms with Crippen molar-refractivity contribution in [1.82, 2.24) is 4.98 Å². The van der Waals surface area contributed by atoms with Crippen molar-refractivity contribution in [1.29, 1.82) is 0 Å². The van der Waals surface area contributed by atoms with Crippen LogP contribution in [0, 0.1) is 6.92 Å². The van der Waals surface area contributed by atoms with Gasteiger partial charge in [0.25, 0.3) is 0 Å². The molecule has 1 heterocycles. The number of nitrogens with zero attached hydrogens (tertiary/aromatic N) is 1. The van der Waals surface area contributed by atoms with Crippen LogP contribution in [0.5, 0.6) is 0 Å². The maximum Gasteiger partial charge on any atom is 0.186 e. The topological polar surface area (TPSA) is 64.1 Å². The smallest absolute Gasteiger partial charge is 0.186 e. The summed E-state index contributed by atoms with van der Waals surface area (Å²) in [6, 6.07) is 12.2. The fraction of sp³-hybridized carbons (Fsp3) is 0.200. The Kier molecular flexibility index (Phi) is 3.99. The molecule has 20 heavy (non-hydrogen) atoms. The number of sulfone groups is 1. The van der Waals surface area contributed by atoms with E-state index in [1.54, 1.807) is 13.0 Å². The van der Waals surface area contributed by atoms with Crippen LogP contribution in [0.1, 0.15) is 21.7 Å². The standard InChI is InChI=1S/C15H15NO3S/c1-11-8-9-14(20(2,18)19)15(16-11)13(17)10-12-6-4-3-5-7-12/h3-9H,10H2,1-2H3. The normalized spacial score (nSPS) is 11.3. The van der Waals surface area contributed by atoms with Gasteiger partial charge in [-0.15, -0.1) is 0 Å². The zero-order valence-corrected chi connectivity index (χ0v) is 12.1. The van der Waals surface area contributed by atoms with Crippen molar-refractivity contribution in [3.63, 3.8) is 0 Å². The number of rotatable bonds is 4. The zero-order chi connectivity index (χ0) is 14.8. The lowest BCUT2D eigenvalue weighted by atomic mass is 10.1. The van der Waals surface area contributed by atoms with E-state index in [4.69, 9.17) is 0 Å². The van der Waals surface area contributed by atoms with Crippen LogP contribution >= 0.6 is 0 Å². The largest absolute Gasteiger partial charge is 0.292 e. The van der Waals surface area contributed by atoms with E-state index in [-0.39, 0.29) is 22.8 Å². The molecule has 0 radical (unpaired) electrons. The van der Waals surface area contributed by atoms with E-state index >= 15 is 0 Å². The highest BCUT2D eigenvalue weighted by Gasteiger charge is 2.20. The molecule has 0 saturated carbocycles. The number of ketones is 1. The Labute approximate surface area is 118 Å². The quantitative estimate of drug-likeness (QED) is 0.810. The van der Waals surface area contributed by atoms with Crippen LogP contribution in [0.25, 0.3) is 0 Å². The van der Waals surface area contributed by atoms with Crippen LogP contribution < -0.4 is 0 Å². The summed E-state index contributed by atoms with van der Waals surface area (Å²) in [6.45, 7) is 1.73. The van der Waals surface area contributed by atoms with E-state index < -0.39 is 9.84 Å². The summed E-state index contributed by atoms with van der Waals surface area (Å²) >= 11 is 0. The maximum atomic E-state index is 12.3. The van der Waals surface area contributed by atoms with Crippen molar-refractivity contribution < 1.29 is 13.2 Å². The van der Waals surface area contributed by atoms with Gasteiger partial charge in [-0.25, -0.2) is 13.4 Å². The second kappa shape index (κ2) is 5.54. The molecule has 0 spiro atoms. The van der Waals surface area contributed by atoms with Gasteiger partial charge in [0.2, 0.25) is 0 Å². The van der Waals surface area contributed by atoms with E-state index in [1.807, 2.05) is 30.3 Å². The van der Waals surface area contributed by atoms with Crippen LogP contribution in [0.3, 0.4) is 0 Å². The molecular formula is C15H15NO3S. The van der Waals surface area contributed by atoms with E-state index in [0.717, 1.165) is 11.8 Å². The second-order valence-corrected chi connectivity index (χ2v) is 6.64. The molecule has 0 atom stereocenters. The fourth-order valence-corrected chi connectivity index (χ4v) is 2.73. The van der Waals surface area contributed by atoms with Gasteiger partial charge in [-0.2, -0.15) is 0 Å². The molecule has 0 aliphatic heterocycles. The molecule has 0 N–H and O–H groups in total. The third-order valence-corrected chi connectivity index (χ3v) is 4.00. The second-order valence-electron chi connectivity index (χ2n) is 4.66. The first-order valence-electron chi connectivity index (χ1n) is 6.13. The molecule has 0 saturated heterocycles. The first-order chi connectivity index (χ1) is 9.38. The third kappa shape index (κ3) is 3.30. The van der Waals surface area contributed by atoms with Crippen LogP contribution in [-0.4, -0.2) is 25.4 Å². The predicted octanol–water partition coefficient (Wildman–Crippen LogP) is 2.22. The van der Waals surface area contributed by atoms with E-state index in [0.29, 0.717) is 5.69 Å². The van der Waals surface area contributed by atoms with Gasteiger partial charge in [0.1, 0.15) is 5.69 Å². The Balaban J connectivity index is 2.42. The highest BCUT2D eigenvalue weighted by molar-refractivity contribution is 7.90. The minimum atomic E-state index is -3.47. The zero-order valence-electron chi connectivity index (χ0n) is 11.3. The lowest BCUT2D eigenvalue weighted by Gasteiger charge is -2.07. The Morgan fingerprint density at radius 3 is 2.35 bits per heavy atom. The molecule has 4 nitrogen and oxygen atoms in total. The molecule has 0 fully saturated rings. The van der Waals surface area contributed by atoms with Crippen molar-refractivity contribution in [2.45, 2.75) is 18.2 Å². The number of carbonyl (C=O) groups excluding carboxylic acids is 1. The molecule has 2 rings (SSSR count). The average molecular weight is 289 g/mol. The van der Waals surface area contributed by atoms with Gasteiger partial charge >= 0.3 is 0 Å². The number of carbonyl (C=O) groups is 1. The van der Waals surface area contributed by atoms with Crippen molar-refractivity contribution in [3.8, 4) is 0 Å². The molecule has 0 amide bonds. The number of aromatic nitrogens is 1. The first kappa shape index (κ1) is 14.4. The van der Waals surface area contributed by atoms with Crippen LogP contribution in [-0.2, 0) is 16.3 Å². The SMILES string of the molecule is Cc1ccc(S(C)(=O)=O)c(C(=O)Cc2ccccc2)n1. The monoisotopic (exact) mass is 289 g/mol. The summed E-state index contributed by atoms with van der Waals surface area (Å²) < 4.78 is 23.5. The molecule has 0 aliphatic rings. The number of aryl methyl sites for hydroxylation is 1. The average Bonchev–Trinajstić information content (AvgIpc) is 2.38.